The van der Waals surface area contributed by atoms with Crippen LogP contribution < -0.4 is 4.74 Å². The van der Waals surface area contributed by atoms with Gasteiger partial charge in [0, 0.05) is 5.39 Å². The van der Waals surface area contributed by atoms with E-state index in [-0.39, 0.29) is 12.5 Å². The van der Waals surface area contributed by atoms with E-state index in [2.05, 4.69) is 4.98 Å². The number of hydrogen-bond acceptors (Lipinski definition) is 3. The van der Waals surface area contributed by atoms with Gasteiger partial charge in [-0.05, 0) is 26.0 Å². The van der Waals surface area contributed by atoms with E-state index in [1.54, 1.807) is 6.07 Å². The van der Waals surface area contributed by atoms with E-state index in [9.17, 15) is 4.79 Å². The van der Waals surface area contributed by atoms with Gasteiger partial charge in [-0.3, -0.25) is 4.79 Å². The fourth-order valence-corrected chi connectivity index (χ4v) is 1.76. The molecule has 2 rings (SSSR count). The zero-order valence-corrected chi connectivity index (χ0v) is 10.4. The van der Waals surface area contributed by atoms with Crippen molar-refractivity contribution >= 4 is 16.9 Å². The number of aromatic nitrogens is 1. The van der Waals surface area contributed by atoms with Crippen LogP contribution in [0.4, 0.5) is 0 Å². The predicted octanol–water partition coefficient (Wildman–Crippen LogP) is 2.65. The molecule has 0 aliphatic heterocycles. The van der Waals surface area contributed by atoms with E-state index < -0.39 is 5.97 Å². The Morgan fingerprint density at radius 2 is 2.11 bits per heavy atom. The molecule has 0 fully saturated rings. The maximum Gasteiger partial charge on any atom is 0.309 e. The van der Waals surface area contributed by atoms with E-state index in [0.29, 0.717) is 17.0 Å². The van der Waals surface area contributed by atoms with E-state index in [0.717, 1.165) is 5.39 Å². The van der Waals surface area contributed by atoms with Crippen molar-refractivity contribution in [3.63, 3.8) is 0 Å². The third kappa shape index (κ3) is 2.77. The fraction of sp³-hybridized carbons (Fsp3) is 0.286. The summed E-state index contributed by atoms with van der Waals surface area (Å²) in [4.78, 5) is 15.1. The fourth-order valence-electron chi connectivity index (χ4n) is 1.76. The number of carboxylic acids is 1. The molecule has 0 radical (unpaired) electrons. The Kier molecular flexibility index (Phi) is 3.46. The number of para-hydroxylation sites is 1. The van der Waals surface area contributed by atoms with Crippen molar-refractivity contribution in [3.8, 4) is 5.75 Å². The van der Waals surface area contributed by atoms with Crippen molar-refractivity contribution in [2.75, 3.05) is 0 Å². The second-order valence-corrected chi connectivity index (χ2v) is 4.37. The average molecular weight is 245 g/mol. The summed E-state index contributed by atoms with van der Waals surface area (Å²) in [6, 6.07) is 9.28. The minimum Gasteiger partial charge on any atom is -0.489 e. The second kappa shape index (κ2) is 5.04. The van der Waals surface area contributed by atoms with Crippen LogP contribution in [-0.4, -0.2) is 22.2 Å². The van der Waals surface area contributed by atoms with E-state index >= 15 is 0 Å². The van der Waals surface area contributed by atoms with Crippen molar-refractivity contribution in [2.24, 2.45) is 0 Å². The minimum atomic E-state index is -0.885. The lowest BCUT2D eigenvalue weighted by molar-refractivity contribution is -0.136. The monoisotopic (exact) mass is 245 g/mol. The Bertz CT molecular complexity index is 578. The molecule has 18 heavy (non-hydrogen) atoms. The summed E-state index contributed by atoms with van der Waals surface area (Å²) in [6.07, 6.45) is -0.0214. The topological polar surface area (TPSA) is 59.4 Å². The number of rotatable bonds is 4. The number of benzene rings is 1. The SMILES string of the molecule is CC(C)Oc1cccc2ccc(CC(=O)O)nc12. The number of nitrogens with zero attached hydrogens (tertiary/aromatic N) is 1. The molecule has 0 aliphatic rings. The number of fused-ring (bicyclic) bond motifs is 1. The second-order valence-electron chi connectivity index (χ2n) is 4.37. The molecule has 2 aromatic rings. The first-order valence-electron chi connectivity index (χ1n) is 5.83. The number of carboxylic acid groups (broad SMARTS) is 1. The van der Waals surface area contributed by atoms with Gasteiger partial charge >= 0.3 is 5.97 Å². The maximum atomic E-state index is 10.7. The molecule has 0 amide bonds. The van der Waals surface area contributed by atoms with Gasteiger partial charge in [0.1, 0.15) is 11.3 Å². The summed E-state index contributed by atoms with van der Waals surface area (Å²) in [5, 5.41) is 9.73. The lowest BCUT2D eigenvalue weighted by atomic mass is 10.1. The summed E-state index contributed by atoms with van der Waals surface area (Å²) >= 11 is 0. The molecule has 0 atom stereocenters. The molecule has 1 heterocycles. The summed E-state index contributed by atoms with van der Waals surface area (Å²) in [5.41, 5.74) is 1.25. The van der Waals surface area contributed by atoms with Crippen LogP contribution in [0.2, 0.25) is 0 Å². The van der Waals surface area contributed by atoms with Gasteiger partial charge in [-0.2, -0.15) is 0 Å². The van der Waals surface area contributed by atoms with Crippen LogP contribution in [0.1, 0.15) is 19.5 Å². The van der Waals surface area contributed by atoms with Gasteiger partial charge in [-0.25, -0.2) is 4.98 Å². The first-order valence-corrected chi connectivity index (χ1v) is 5.83. The predicted molar refractivity (Wildman–Crippen MR) is 68.8 cm³/mol. The van der Waals surface area contributed by atoms with Crippen molar-refractivity contribution in [3.05, 3.63) is 36.0 Å². The van der Waals surface area contributed by atoms with Gasteiger partial charge in [0.15, 0.2) is 0 Å². The molecule has 0 aliphatic carbocycles. The minimum absolute atomic E-state index is 0.0560. The van der Waals surface area contributed by atoms with E-state index in [4.69, 9.17) is 9.84 Å². The third-order valence-electron chi connectivity index (χ3n) is 2.44. The van der Waals surface area contributed by atoms with Gasteiger partial charge in [-0.1, -0.05) is 18.2 Å². The molecule has 0 saturated heterocycles. The highest BCUT2D eigenvalue weighted by molar-refractivity contribution is 5.85. The zero-order valence-electron chi connectivity index (χ0n) is 10.4. The molecule has 94 valence electrons. The molecule has 4 heteroatoms. The van der Waals surface area contributed by atoms with Crippen LogP contribution in [0.5, 0.6) is 5.75 Å². The van der Waals surface area contributed by atoms with Gasteiger partial charge in [0.25, 0.3) is 0 Å². The molecule has 0 saturated carbocycles. The Hall–Kier alpha value is -2.10. The van der Waals surface area contributed by atoms with Crippen molar-refractivity contribution in [2.45, 2.75) is 26.4 Å². The lowest BCUT2D eigenvalue weighted by Crippen LogP contribution is -2.07. The highest BCUT2D eigenvalue weighted by Gasteiger charge is 2.08. The van der Waals surface area contributed by atoms with Crippen molar-refractivity contribution in [1.82, 2.24) is 4.98 Å². The van der Waals surface area contributed by atoms with Crippen LogP contribution in [-0.2, 0) is 11.2 Å². The number of aliphatic carboxylic acids is 1. The molecular formula is C14H15NO3. The average Bonchev–Trinajstić information content (AvgIpc) is 2.28. The zero-order chi connectivity index (χ0) is 13.1. The van der Waals surface area contributed by atoms with Crippen LogP contribution in [0.15, 0.2) is 30.3 Å². The lowest BCUT2D eigenvalue weighted by Gasteiger charge is -2.12. The molecular weight excluding hydrogens is 230 g/mol. The molecule has 0 bridgehead atoms. The first-order chi connectivity index (χ1) is 8.56. The molecule has 1 aromatic carbocycles. The quantitative estimate of drug-likeness (QED) is 0.899. The Morgan fingerprint density at radius 1 is 1.33 bits per heavy atom. The first kappa shape index (κ1) is 12.4. The summed E-state index contributed by atoms with van der Waals surface area (Å²) < 4.78 is 5.68. The number of ether oxygens (including phenoxy) is 1. The number of hydrogen-bond donors (Lipinski definition) is 1. The molecule has 0 spiro atoms. The van der Waals surface area contributed by atoms with Gasteiger partial charge < -0.3 is 9.84 Å². The molecule has 0 unspecified atom stereocenters. The van der Waals surface area contributed by atoms with Gasteiger partial charge in [-0.15, -0.1) is 0 Å². The number of carbonyl (C=O) groups is 1. The van der Waals surface area contributed by atoms with Crippen LogP contribution in [0.3, 0.4) is 0 Å². The van der Waals surface area contributed by atoms with Crippen LogP contribution in [0, 0.1) is 0 Å². The Labute approximate surface area is 105 Å². The summed E-state index contributed by atoms with van der Waals surface area (Å²) in [6.45, 7) is 3.89. The summed E-state index contributed by atoms with van der Waals surface area (Å²) in [7, 11) is 0. The number of pyridine rings is 1. The highest BCUT2D eigenvalue weighted by Crippen LogP contribution is 2.25. The van der Waals surface area contributed by atoms with Gasteiger partial charge in [0.05, 0.1) is 18.2 Å². The normalized spacial score (nSPS) is 10.8. The van der Waals surface area contributed by atoms with Crippen LogP contribution >= 0.6 is 0 Å². The largest absolute Gasteiger partial charge is 0.489 e. The molecule has 1 N–H and O–H groups in total. The highest BCUT2D eigenvalue weighted by atomic mass is 16.5. The molecule has 4 nitrogen and oxygen atoms in total. The maximum absolute atomic E-state index is 10.7. The van der Waals surface area contributed by atoms with Crippen molar-refractivity contribution < 1.29 is 14.6 Å². The van der Waals surface area contributed by atoms with E-state index in [1.807, 2.05) is 38.1 Å². The van der Waals surface area contributed by atoms with Crippen LogP contribution in [0.25, 0.3) is 10.9 Å². The molecule has 1 aromatic heterocycles. The standard InChI is InChI=1S/C14H15NO3/c1-9(2)18-12-5-3-4-10-6-7-11(8-13(16)17)15-14(10)12/h3-7,9H,8H2,1-2H3,(H,16,17). The van der Waals surface area contributed by atoms with Gasteiger partial charge in [0.2, 0.25) is 0 Å². The Balaban J connectivity index is 2.47. The summed E-state index contributed by atoms with van der Waals surface area (Å²) in [5.74, 6) is -0.196. The smallest absolute Gasteiger partial charge is 0.309 e. The van der Waals surface area contributed by atoms with Crippen molar-refractivity contribution in [1.29, 1.82) is 0 Å². The van der Waals surface area contributed by atoms with E-state index in [1.165, 1.54) is 0 Å². The third-order valence-corrected chi connectivity index (χ3v) is 2.44. The Morgan fingerprint density at radius 3 is 2.78 bits per heavy atom.